The molecule has 2 rings (SSSR count). The lowest BCUT2D eigenvalue weighted by Gasteiger charge is -2.35. The second kappa shape index (κ2) is 6.63. The van der Waals surface area contributed by atoms with Crippen molar-refractivity contribution in [3.05, 3.63) is 34.9 Å². The van der Waals surface area contributed by atoms with E-state index in [0.717, 1.165) is 17.7 Å². The molecule has 1 atom stereocenters. The Morgan fingerprint density at radius 2 is 1.96 bits per heavy atom. The maximum absolute atomic E-state index is 12.8. The molecule has 0 aromatic heterocycles. The first-order valence-corrected chi connectivity index (χ1v) is 7.86. The lowest BCUT2D eigenvalue weighted by atomic mass is 9.97. The van der Waals surface area contributed by atoms with Crippen LogP contribution in [0.2, 0.25) is 0 Å². The zero-order valence-corrected chi connectivity index (χ0v) is 14.3. The van der Waals surface area contributed by atoms with Gasteiger partial charge >= 0.3 is 12.3 Å². The van der Waals surface area contributed by atoms with Crippen LogP contribution in [0.25, 0.3) is 0 Å². The van der Waals surface area contributed by atoms with Gasteiger partial charge in [-0.15, -0.1) is 0 Å². The summed E-state index contributed by atoms with van der Waals surface area (Å²) in [6, 6.07) is 3.49. The summed E-state index contributed by atoms with van der Waals surface area (Å²) in [5.41, 5.74) is 0.0648. The van der Waals surface area contributed by atoms with E-state index in [2.05, 4.69) is 5.32 Å². The number of halogens is 3. The average molecular weight is 344 g/mol. The van der Waals surface area contributed by atoms with Crippen LogP contribution in [0, 0.1) is 6.92 Å². The van der Waals surface area contributed by atoms with Crippen LogP contribution < -0.4 is 5.32 Å². The zero-order chi connectivity index (χ0) is 18.1. The van der Waals surface area contributed by atoms with Gasteiger partial charge in [-0.3, -0.25) is 0 Å². The standard InChI is InChI=1S/C17H23F3N2O2/c1-11-9-12(17(18,19)20)5-6-13(11)14-10-22(8-7-21-14)15(23)24-16(2,3)4/h5-6,9,14,21H,7-8,10H2,1-4H3. The average Bonchev–Trinajstić information content (AvgIpc) is 2.44. The Morgan fingerprint density at radius 1 is 1.29 bits per heavy atom. The van der Waals surface area contributed by atoms with E-state index in [-0.39, 0.29) is 6.04 Å². The lowest BCUT2D eigenvalue weighted by Crippen LogP contribution is -2.49. The van der Waals surface area contributed by atoms with Crippen LogP contribution in [0.3, 0.4) is 0 Å². The largest absolute Gasteiger partial charge is 0.444 e. The number of nitrogens with zero attached hydrogens (tertiary/aromatic N) is 1. The molecule has 0 aliphatic carbocycles. The van der Waals surface area contributed by atoms with Crippen molar-refractivity contribution in [2.45, 2.75) is 45.5 Å². The summed E-state index contributed by atoms with van der Waals surface area (Å²) >= 11 is 0. The molecular weight excluding hydrogens is 321 g/mol. The summed E-state index contributed by atoms with van der Waals surface area (Å²) in [5, 5.41) is 3.25. The first kappa shape index (κ1) is 18.6. The molecule has 1 amide bonds. The van der Waals surface area contributed by atoms with E-state index in [9.17, 15) is 18.0 Å². The summed E-state index contributed by atoms with van der Waals surface area (Å²) in [4.78, 5) is 13.8. The van der Waals surface area contributed by atoms with Gasteiger partial charge in [0.1, 0.15) is 5.60 Å². The van der Waals surface area contributed by atoms with Gasteiger partial charge in [0.15, 0.2) is 0 Å². The predicted molar refractivity (Wildman–Crippen MR) is 84.7 cm³/mol. The fraction of sp³-hybridized carbons (Fsp3) is 0.588. The number of carbonyl (C=O) groups excluding carboxylic acids is 1. The SMILES string of the molecule is Cc1cc(C(F)(F)F)ccc1C1CN(C(=O)OC(C)(C)C)CCN1. The third-order valence-electron chi connectivity index (χ3n) is 3.80. The summed E-state index contributed by atoms with van der Waals surface area (Å²) in [6.07, 6.45) is -4.76. The maximum Gasteiger partial charge on any atom is 0.416 e. The Bertz CT molecular complexity index is 609. The molecule has 1 aliphatic heterocycles. The minimum Gasteiger partial charge on any atom is -0.444 e. The Balaban J connectivity index is 2.14. The fourth-order valence-corrected chi connectivity index (χ4v) is 2.69. The quantitative estimate of drug-likeness (QED) is 0.840. The summed E-state index contributed by atoms with van der Waals surface area (Å²) in [6.45, 7) is 8.47. The molecule has 1 N–H and O–H groups in total. The van der Waals surface area contributed by atoms with Gasteiger partial charge < -0.3 is 15.0 Å². The molecule has 0 spiro atoms. The number of carbonyl (C=O) groups is 1. The molecule has 1 aromatic carbocycles. The summed E-state index contributed by atoms with van der Waals surface area (Å²) in [5.74, 6) is 0. The molecule has 0 radical (unpaired) electrons. The Morgan fingerprint density at radius 3 is 2.50 bits per heavy atom. The van der Waals surface area contributed by atoms with Crippen molar-refractivity contribution in [3.63, 3.8) is 0 Å². The van der Waals surface area contributed by atoms with Crippen molar-refractivity contribution in [2.24, 2.45) is 0 Å². The first-order chi connectivity index (χ1) is 11.0. The maximum atomic E-state index is 12.8. The lowest BCUT2D eigenvalue weighted by molar-refractivity contribution is -0.137. The number of benzene rings is 1. The molecule has 24 heavy (non-hydrogen) atoms. The molecule has 1 aromatic rings. The van der Waals surface area contributed by atoms with Gasteiger partial charge in [-0.1, -0.05) is 6.07 Å². The topological polar surface area (TPSA) is 41.6 Å². The first-order valence-electron chi connectivity index (χ1n) is 7.86. The van der Waals surface area contributed by atoms with Crippen LogP contribution in [0.5, 0.6) is 0 Å². The number of alkyl halides is 3. The van der Waals surface area contributed by atoms with E-state index in [0.29, 0.717) is 25.2 Å². The van der Waals surface area contributed by atoms with Crippen molar-refractivity contribution in [1.29, 1.82) is 0 Å². The number of ether oxygens (including phenoxy) is 1. The minimum absolute atomic E-state index is 0.214. The van der Waals surface area contributed by atoms with Gasteiger partial charge in [-0.25, -0.2) is 4.79 Å². The highest BCUT2D eigenvalue weighted by Gasteiger charge is 2.32. The van der Waals surface area contributed by atoms with Crippen molar-refractivity contribution in [1.82, 2.24) is 10.2 Å². The fourth-order valence-electron chi connectivity index (χ4n) is 2.69. The Labute approximate surface area is 140 Å². The van der Waals surface area contributed by atoms with Crippen molar-refractivity contribution in [3.8, 4) is 0 Å². The second-order valence-corrected chi connectivity index (χ2v) is 7.00. The Kier molecular flexibility index (Phi) is 5.13. The number of nitrogens with one attached hydrogen (secondary N) is 1. The molecule has 7 heteroatoms. The van der Waals surface area contributed by atoms with E-state index < -0.39 is 23.4 Å². The second-order valence-electron chi connectivity index (χ2n) is 7.00. The van der Waals surface area contributed by atoms with Crippen LogP contribution in [0.15, 0.2) is 18.2 Å². The molecule has 1 heterocycles. The molecule has 1 aliphatic rings. The van der Waals surface area contributed by atoms with Gasteiger partial charge in [0, 0.05) is 19.6 Å². The van der Waals surface area contributed by atoms with Gasteiger partial charge in [-0.2, -0.15) is 13.2 Å². The van der Waals surface area contributed by atoms with E-state index >= 15 is 0 Å². The predicted octanol–water partition coefficient (Wildman–Crippen LogP) is 3.90. The number of amides is 1. The van der Waals surface area contributed by atoms with Crippen molar-refractivity contribution in [2.75, 3.05) is 19.6 Å². The van der Waals surface area contributed by atoms with Crippen LogP contribution >= 0.6 is 0 Å². The van der Waals surface area contributed by atoms with Crippen LogP contribution in [0.4, 0.5) is 18.0 Å². The zero-order valence-electron chi connectivity index (χ0n) is 14.3. The highest BCUT2D eigenvalue weighted by molar-refractivity contribution is 5.68. The van der Waals surface area contributed by atoms with E-state index in [1.807, 2.05) is 0 Å². The van der Waals surface area contributed by atoms with Gasteiger partial charge in [-0.05, 0) is 51.0 Å². The number of hydrogen-bond donors (Lipinski definition) is 1. The normalized spacial score (nSPS) is 19.3. The van der Waals surface area contributed by atoms with E-state index in [1.165, 1.54) is 6.07 Å². The molecule has 1 saturated heterocycles. The molecule has 0 bridgehead atoms. The monoisotopic (exact) mass is 344 g/mol. The number of rotatable bonds is 1. The summed E-state index contributed by atoms with van der Waals surface area (Å²) < 4.78 is 43.7. The Hall–Kier alpha value is -1.76. The van der Waals surface area contributed by atoms with Gasteiger partial charge in [0.2, 0.25) is 0 Å². The van der Waals surface area contributed by atoms with E-state index in [1.54, 1.807) is 32.6 Å². The summed E-state index contributed by atoms with van der Waals surface area (Å²) in [7, 11) is 0. The minimum atomic E-state index is -4.36. The van der Waals surface area contributed by atoms with Gasteiger partial charge in [0.25, 0.3) is 0 Å². The third-order valence-corrected chi connectivity index (χ3v) is 3.80. The molecule has 1 unspecified atom stereocenters. The van der Waals surface area contributed by atoms with Crippen LogP contribution in [-0.4, -0.2) is 36.2 Å². The third kappa shape index (κ3) is 4.63. The highest BCUT2D eigenvalue weighted by Crippen LogP contribution is 2.32. The number of aryl methyl sites for hydroxylation is 1. The van der Waals surface area contributed by atoms with Crippen LogP contribution in [-0.2, 0) is 10.9 Å². The smallest absolute Gasteiger partial charge is 0.416 e. The molecular formula is C17H23F3N2O2. The van der Waals surface area contributed by atoms with E-state index in [4.69, 9.17) is 4.74 Å². The number of hydrogen-bond acceptors (Lipinski definition) is 3. The van der Waals surface area contributed by atoms with Crippen molar-refractivity contribution >= 4 is 6.09 Å². The molecule has 1 fully saturated rings. The van der Waals surface area contributed by atoms with Crippen molar-refractivity contribution < 1.29 is 22.7 Å². The number of piperazine rings is 1. The van der Waals surface area contributed by atoms with Crippen LogP contribution in [0.1, 0.15) is 43.5 Å². The molecule has 4 nitrogen and oxygen atoms in total. The molecule has 0 saturated carbocycles. The molecule has 134 valence electrons. The highest BCUT2D eigenvalue weighted by atomic mass is 19.4. The van der Waals surface area contributed by atoms with Gasteiger partial charge in [0.05, 0.1) is 11.6 Å².